The molecule has 0 aromatic rings. The molecule has 4 nitrogen and oxygen atoms in total. The highest BCUT2D eigenvalue weighted by atomic mass is 16.5. The molecule has 0 bridgehead atoms. The minimum absolute atomic E-state index is 0.341. The third kappa shape index (κ3) is 2.70. The Morgan fingerprint density at radius 1 is 1.33 bits per heavy atom. The second-order valence-electron chi connectivity index (χ2n) is 3.31. The Bertz CT molecular complexity index is 391. The maximum Gasteiger partial charge on any atom is 0.172 e. The summed E-state index contributed by atoms with van der Waals surface area (Å²) in [6, 6.07) is 4.01. The van der Waals surface area contributed by atoms with Crippen molar-refractivity contribution in [1.29, 1.82) is 10.5 Å². The van der Waals surface area contributed by atoms with Gasteiger partial charge in [-0.25, -0.2) is 0 Å². The number of hydrogen-bond donors (Lipinski definition) is 1. The third-order valence-electron chi connectivity index (χ3n) is 1.94. The van der Waals surface area contributed by atoms with E-state index >= 15 is 0 Å². The molecule has 0 aromatic heterocycles. The van der Waals surface area contributed by atoms with Crippen molar-refractivity contribution in [2.75, 3.05) is 13.2 Å². The first-order valence-corrected chi connectivity index (χ1v) is 4.35. The minimum Gasteiger partial charge on any atom is -0.374 e. The van der Waals surface area contributed by atoms with E-state index in [9.17, 15) is 0 Å². The molecule has 0 amide bonds. The fourth-order valence-electron chi connectivity index (χ4n) is 1.06. The summed E-state index contributed by atoms with van der Waals surface area (Å²) in [7, 11) is 0. The van der Waals surface area contributed by atoms with Crippen LogP contribution in [0.3, 0.4) is 0 Å². The van der Waals surface area contributed by atoms with E-state index < -0.39 is 5.54 Å². The number of rotatable bonds is 4. The SMILES string of the molecule is C=C(C#N)/C=C\C(=C)NC1(C#N)COC1. The summed E-state index contributed by atoms with van der Waals surface area (Å²) in [5.41, 5.74) is 0.250. The fourth-order valence-corrected chi connectivity index (χ4v) is 1.06. The van der Waals surface area contributed by atoms with E-state index in [1.54, 1.807) is 12.2 Å². The van der Waals surface area contributed by atoms with Crippen LogP contribution in [0.5, 0.6) is 0 Å². The highest BCUT2D eigenvalue weighted by Crippen LogP contribution is 2.17. The molecule has 15 heavy (non-hydrogen) atoms. The Morgan fingerprint density at radius 3 is 2.40 bits per heavy atom. The van der Waals surface area contributed by atoms with Gasteiger partial charge < -0.3 is 10.1 Å². The van der Waals surface area contributed by atoms with Gasteiger partial charge in [0.25, 0.3) is 0 Å². The van der Waals surface area contributed by atoms with Gasteiger partial charge in [0, 0.05) is 11.3 Å². The summed E-state index contributed by atoms with van der Waals surface area (Å²) < 4.78 is 4.96. The van der Waals surface area contributed by atoms with Crippen LogP contribution < -0.4 is 5.32 Å². The van der Waals surface area contributed by atoms with Gasteiger partial charge in [0.1, 0.15) is 0 Å². The molecule has 0 aromatic carbocycles. The van der Waals surface area contributed by atoms with Crippen LogP contribution in [0.4, 0.5) is 0 Å². The van der Waals surface area contributed by atoms with Gasteiger partial charge in [-0.2, -0.15) is 10.5 Å². The zero-order valence-electron chi connectivity index (χ0n) is 8.29. The summed E-state index contributed by atoms with van der Waals surface area (Å²) in [5.74, 6) is 0. The van der Waals surface area contributed by atoms with Gasteiger partial charge in [0.2, 0.25) is 0 Å². The molecule has 1 rings (SSSR count). The number of nitrogens with zero attached hydrogens (tertiary/aromatic N) is 2. The molecule has 4 heteroatoms. The monoisotopic (exact) mass is 201 g/mol. The molecule has 1 fully saturated rings. The topological polar surface area (TPSA) is 68.8 Å². The number of hydrogen-bond acceptors (Lipinski definition) is 4. The normalized spacial score (nSPS) is 17.2. The van der Waals surface area contributed by atoms with Crippen molar-refractivity contribution >= 4 is 0 Å². The first-order valence-electron chi connectivity index (χ1n) is 4.35. The lowest BCUT2D eigenvalue weighted by Crippen LogP contribution is -2.58. The second-order valence-corrected chi connectivity index (χ2v) is 3.31. The van der Waals surface area contributed by atoms with Crippen LogP contribution in [-0.2, 0) is 4.74 Å². The number of nitriles is 2. The molecule has 0 saturated carbocycles. The Kier molecular flexibility index (Phi) is 3.28. The van der Waals surface area contributed by atoms with Crippen molar-refractivity contribution in [3.8, 4) is 12.1 Å². The Labute approximate surface area is 88.8 Å². The lowest BCUT2D eigenvalue weighted by Gasteiger charge is -2.36. The van der Waals surface area contributed by atoms with Gasteiger partial charge >= 0.3 is 0 Å². The van der Waals surface area contributed by atoms with Crippen molar-refractivity contribution in [3.63, 3.8) is 0 Å². The van der Waals surface area contributed by atoms with Crippen molar-refractivity contribution < 1.29 is 4.74 Å². The van der Waals surface area contributed by atoms with Crippen molar-refractivity contribution in [3.05, 3.63) is 36.6 Å². The summed E-state index contributed by atoms with van der Waals surface area (Å²) >= 11 is 0. The van der Waals surface area contributed by atoms with Crippen LogP contribution in [0.25, 0.3) is 0 Å². The smallest absolute Gasteiger partial charge is 0.172 e. The molecule has 0 aliphatic carbocycles. The van der Waals surface area contributed by atoms with Gasteiger partial charge in [-0.05, 0) is 12.2 Å². The zero-order chi connectivity index (χ0) is 11.3. The van der Waals surface area contributed by atoms with Crippen LogP contribution in [0.15, 0.2) is 36.6 Å². The highest BCUT2D eigenvalue weighted by Gasteiger charge is 2.38. The standard InChI is InChI=1S/C11H11N3O/c1-9(5-12)3-4-10(2)14-11(6-13)7-15-8-11/h3-4,14H,1-2,7-8H2/b4-3-. The van der Waals surface area contributed by atoms with E-state index in [1.165, 1.54) is 0 Å². The second kappa shape index (κ2) is 4.45. The third-order valence-corrected chi connectivity index (χ3v) is 1.94. The van der Waals surface area contributed by atoms with Gasteiger partial charge in [0.15, 0.2) is 5.54 Å². The van der Waals surface area contributed by atoms with Crippen molar-refractivity contribution in [2.45, 2.75) is 5.54 Å². The maximum atomic E-state index is 8.88. The van der Waals surface area contributed by atoms with Gasteiger partial charge in [0.05, 0.1) is 25.4 Å². The lowest BCUT2D eigenvalue weighted by atomic mass is 9.99. The Hall–Kier alpha value is -2.04. The molecule has 1 N–H and O–H groups in total. The average Bonchev–Trinajstić information content (AvgIpc) is 2.20. The fraction of sp³-hybridized carbons (Fsp3) is 0.273. The van der Waals surface area contributed by atoms with Crippen molar-refractivity contribution in [2.24, 2.45) is 0 Å². The predicted molar refractivity (Wildman–Crippen MR) is 55.3 cm³/mol. The van der Waals surface area contributed by atoms with Gasteiger partial charge in [-0.1, -0.05) is 13.2 Å². The molecule has 0 unspecified atom stereocenters. The molecule has 1 saturated heterocycles. The van der Waals surface area contributed by atoms with Crippen LogP contribution >= 0.6 is 0 Å². The molecule has 76 valence electrons. The average molecular weight is 201 g/mol. The summed E-state index contributed by atoms with van der Waals surface area (Å²) in [5, 5.41) is 20.3. The van der Waals surface area contributed by atoms with E-state index in [0.717, 1.165) is 0 Å². The Morgan fingerprint density at radius 2 is 2.00 bits per heavy atom. The minimum atomic E-state index is -0.657. The van der Waals surface area contributed by atoms with Crippen LogP contribution in [0.1, 0.15) is 0 Å². The Balaban J connectivity index is 2.51. The maximum absolute atomic E-state index is 8.88. The highest BCUT2D eigenvalue weighted by molar-refractivity contribution is 5.34. The first kappa shape index (κ1) is 11.0. The van der Waals surface area contributed by atoms with Crippen molar-refractivity contribution in [1.82, 2.24) is 5.32 Å². The largest absolute Gasteiger partial charge is 0.374 e. The quantitative estimate of drug-likeness (QED) is 0.544. The van der Waals surface area contributed by atoms with Gasteiger partial charge in [-0.3, -0.25) is 0 Å². The predicted octanol–water partition coefficient (Wildman–Crippen LogP) is 1.02. The van der Waals surface area contributed by atoms with E-state index in [4.69, 9.17) is 15.3 Å². The molecule has 1 aliphatic rings. The summed E-state index contributed by atoms with van der Waals surface area (Å²) in [6.45, 7) is 7.92. The molecule has 0 atom stereocenters. The van der Waals surface area contributed by atoms with Gasteiger partial charge in [-0.15, -0.1) is 0 Å². The van der Waals surface area contributed by atoms with E-state index in [0.29, 0.717) is 24.5 Å². The number of nitrogens with one attached hydrogen (secondary N) is 1. The molecule has 0 radical (unpaired) electrons. The van der Waals surface area contributed by atoms with E-state index in [-0.39, 0.29) is 0 Å². The van der Waals surface area contributed by atoms with Crippen LogP contribution in [0.2, 0.25) is 0 Å². The van der Waals surface area contributed by atoms with E-state index in [2.05, 4.69) is 24.5 Å². The summed E-state index contributed by atoms with van der Waals surface area (Å²) in [4.78, 5) is 0. The molecular weight excluding hydrogens is 190 g/mol. The number of ether oxygens (including phenoxy) is 1. The summed E-state index contributed by atoms with van der Waals surface area (Å²) in [6.07, 6.45) is 3.16. The van der Waals surface area contributed by atoms with E-state index in [1.807, 2.05) is 6.07 Å². The molecule has 0 spiro atoms. The zero-order valence-corrected chi connectivity index (χ0v) is 8.29. The molecule has 1 heterocycles. The molecular formula is C11H11N3O. The van der Waals surface area contributed by atoms with Crippen LogP contribution in [-0.4, -0.2) is 18.8 Å². The molecule has 1 aliphatic heterocycles. The number of allylic oxidation sites excluding steroid dienone is 3. The lowest BCUT2D eigenvalue weighted by molar-refractivity contribution is -0.0382. The van der Waals surface area contributed by atoms with Crippen LogP contribution in [0, 0.1) is 22.7 Å². The first-order chi connectivity index (χ1) is 7.12.